The Balaban J connectivity index is 0.000000490. The quantitative estimate of drug-likeness (QED) is 0.368. The molecule has 0 N–H and O–H groups in total. The van der Waals surface area contributed by atoms with Crippen molar-refractivity contribution in [2.45, 2.75) is 37.4 Å². The van der Waals surface area contributed by atoms with Crippen LogP contribution in [-0.2, 0) is 0 Å². The van der Waals surface area contributed by atoms with E-state index in [9.17, 15) is 0 Å². The van der Waals surface area contributed by atoms with Crippen LogP contribution in [0.2, 0.25) is 0 Å². The summed E-state index contributed by atoms with van der Waals surface area (Å²) in [7, 11) is 0. The van der Waals surface area contributed by atoms with Crippen LogP contribution < -0.4 is 0 Å². The minimum atomic E-state index is 0. The van der Waals surface area contributed by atoms with Gasteiger partial charge in [0.15, 0.2) is 0 Å². The van der Waals surface area contributed by atoms with Crippen molar-refractivity contribution < 1.29 is 0 Å². The van der Waals surface area contributed by atoms with E-state index in [1.165, 1.54) is 32.1 Å². The van der Waals surface area contributed by atoms with Crippen LogP contribution >= 0.6 is 12.6 Å². The van der Waals surface area contributed by atoms with Gasteiger partial charge in [-0.15, -0.1) is 0 Å². The van der Waals surface area contributed by atoms with Crippen molar-refractivity contribution in [3.63, 3.8) is 0 Å². The van der Waals surface area contributed by atoms with Crippen molar-refractivity contribution >= 4 is 31.5 Å². The Kier molecular flexibility index (Phi) is 5.36. The van der Waals surface area contributed by atoms with Gasteiger partial charge in [0, 0.05) is 5.25 Å². The molecule has 0 aliphatic heterocycles. The number of thiol groups is 1. The molecule has 1 saturated carbocycles. The second-order valence-electron chi connectivity index (χ2n) is 2.29. The van der Waals surface area contributed by atoms with Gasteiger partial charge in [-0.1, -0.05) is 19.3 Å². The van der Waals surface area contributed by atoms with Gasteiger partial charge < -0.3 is 0 Å². The average molecular weight is 124 g/mol. The van der Waals surface area contributed by atoms with Gasteiger partial charge in [-0.3, -0.25) is 0 Å². The first-order valence-corrected chi connectivity index (χ1v) is 3.59. The van der Waals surface area contributed by atoms with Crippen LogP contribution in [-0.4, -0.2) is 24.1 Å². The third-order valence-corrected chi connectivity index (χ3v) is 2.09. The SMILES string of the molecule is SC1CCCCC1.[LiH]. The summed E-state index contributed by atoms with van der Waals surface area (Å²) in [4.78, 5) is 0. The van der Waals surface area contributed by atoms with Gasteiger partial charge in [-0.2, -0.15) is 12.6 Å². The van der Waals surface area contributed by atoms with Crippen LogP contribution in [0, 0.1) is 0 Å². The monoisotopic (exact) mass is 124 g/mol. The van der Waals surface area contributed by atoms with E-state index in [1.807, 2.05) is 0 Å². The molecule has 0 unspecified atom stereocenters. The normalized spacial score (nSPS) is 22.1. The Morgan fingerprint density at radius 2 is 1.50 bits per heavy atom. The summed E-state index contributed by atoms with van der Waals surface area (Å²) in [6.07, 6.45) is 6.96. The van der Waals surface area contributed by atoms with Gasteiger partial charge in [-0.25, -0.2) is 0 Å². The Hall–Kier alpha value is 0.947. The van der Waals surface area contributed by atoms with Crippen molar-refractivity contribution in [1.29, 1.82) is 0 Å². The number of hydrogen-bond acceptors (Lipinski definition) is 1. The summed E-state index contributed by atoms with van der Waals surface area (Å²) >= 11 is 4.36. The van der Waals surface area contributed by atoms with Crippen LogP contribution in [0.25, 0.3) is 0 Å². The molecule has 2 heteroatoms. The molecule has 0 radical (unpaired) electrons. The number of rotatable bonds is 0. The number of hydrogen-bond donors (Lipinski definition) is 1. The first-order chi connectivity index (χ1) is 3.39. The first-order valence-electron chi connectivity index (χ1n) is 3.07. The fourth-order valence-corrected chi connectivity index (χ4v) is 1.45. The molecule has 0 bridgehead atoms. The molecule has 44 valence electrons. The van der Waals surface area contributed by atoms with E-state index in [0.717, 1.165) is 5.25 Å². The summed E-state index contributed by atoms with van der Waals surface area (Å²) < 4.78 is 0. The van der Waals surface area contributed by atoms with Crippen molar-refractivity contribution in [2.24, 2.45) is 0 Å². The maximum atomic E-state index is 4.36. The van der Waals surface area contributed by atoms with E-state index in [2.05, 4.69) is 12.6 Å². The fourth-order valence-electron chi connectivity index (χ4n) is 1.08. The fraction of sp³-hybridized carbons (Fsp3) is 1.00. The molecule has 1 fully saturated rings. The first kappa shape index (κ1) is 8.95. The van der Waals surface area contributed by atoms with Gasteiger partial charge in [-0.05, 0) is 12.8 Å². The van der Waals surface area contributed by atoms with Crippen LogP contribution in [0.15, 0.2) is 0 Å². The van der Waals surface area contributed by atoms with E-state index in [4.69, 9.17) is 0 Å². The third-order valence-electron chi connectivity index (χ3n) is 1.57. The summed E-state index contributed by atoms with van der Waals surface area (Å²) in [5.41, 5.74) is 0. The molecule has 0 aromatic carbocycles. The van der Waals surface area contributed by atoms with E-state index >= 15 is 0 Å². The standard InChI is InChI=1S/C6H12S.Li.H/c7-6-4-2-1-3-5-6;;/h6-7H,1-5H2;;. The molecule has 0 amide bonds. The molecule has 0 nitrogen and oxygen atoms in total. The van der Waals surface area contributed by atoms with Crippen molar-refractivity contribution in [1.82, 2.24) is 0 Å². The van der Waals surface area contributed by atoms with Gasteiger partial charge >= 0.3 is 18.9 Å². The molecular formula is C6H13LiS. The Morgan fingerprint density at radius 1 is 1.00 bits per heavy atom. The molecule has 0 aromatic heterocycles. The van der Waals surface area contributed by atoms with Crippen LogP contribution in [0.3, 0.4) is 0 Å². The molecule has 1 aliphatic rings. The van der Waals surface area contributed by atoms with Crippen LogP contribution in [0.1, 0.15) is 32.1 Å². The minimum absolute atomic E-state index is 0. The predicted octanol–water partition coefficient (Wildman–Crippen LogP) is 1.60. The molecule has 0 heterocycles. The topological polar surface area (TPSA) is 0 Å². The zero-order valence-corrected chi connectivity index (χ0v) is 5.45. The average Bonchev–Trinajstić information content (AvgIpc) is 1.69. The van der Waals surface area contributed by atoms with Crippen LogP contribution in [0.4, 0.5) is 0 Å². The molecule has 1 rings (SSSR count). The van der Waals surface area contributed by atoms with Gasteiger partial charge in [0.25, 0.3) is 0 Å². The second-order valence-corrected chi connectivity index (χ2v) is 3.02. The Morgan fingerprint density at radius 3 is 1.75 bits per heavy atom. The predicted molar refractivity (Wildman–Crippen MR) is 43.0 cm³/mol. The van der Waals surface area contributed by atoms with Crippen LogP contribution in [0.5, 0.6) is 0 Å². The summed E-state index contributed by atoms with van der Waals surface area (Å²) in [6.45, 7) is 0. The summed E-state index contributed by atoms with van der Waals surface area (Å²) in [5.74, 6) is 0. The Bertz CT molecular complexity index is 50.5. The molecule has 1 aliphatic carbocycles. The molecule has 0 aromatic rings. The van der Waals surface area contributed by atoms with Crippen molar-refractivity contribution in [3.05, 3.63) is 0 Å². The van der Waals surface area contributed by atoms with Gasteiger partial charge in [0.05, 0.1) is 0 Å². The zero-order chi connectivity index (χ0) is 5.11. The molecule has 8 heavy (non-hydrogen) atoms. The van der Waals surface area contributed by atoms with Gasteiger partial charge in [0.2, 0.25) is 0 Å². The zero-order valence-electron chi connectivity index (χ0n) is 4.56. The van der Waals surface area contributed by atoms with Crippen molar-refractivity contribution in [3.8, 4) is 0 Å². The molecular weight excluding hydrogens is 111 g/mol. The molecule has 0 saturated heterocycles. The third kappa shape index (κ3) is 3.07. The Labute approximate surface area is 69.0 Å². The molecule has 0 atom stereocenters. The van der Waals surface area contributed by atoms with Crippen molar-refractivity contribution in [2.75, 3.05) is 0 Å². The van der Waals surface area contributed by atoms with E-state index < -0.39 is 0 Å². The van der Waals surface area contributed by atoms with E-state index in [0.29, 0.717) is 0 Å². The van der Waals surface area contributed by atoms with E-state index in [-0.39, 0.29) is 18.9 Å². The van der Waals surface area contributed by atoms with E-state index in [1.54, 1.807) is 0 Å². The summed E-state index contributed by atoms with van der Waals surface area (Å²) in [6, 6.07) is 0. The van der Waals surface area contributed by atoms with Gasteiger partial charge in [0.1, 0.15) is 0 Å². The molecule has 0 spiro atoms. The second kappa shape index (κ2) is 4.79. The summed E-state index contributed by atoms with van der Waals surface area (Å²) in [5, 5.41) is 0.730. The maximum absolute atomic E-state index is 4.36.